The van der Waals surface area contributed by atoms with Crippen molar-refractivity contribution < 1.29 is 0 Å². The summed E-state index contributed by atoms with van der Waals surface area (Å²) in [7, 11) is 0. The van der Waals surface area contributed by atoms with Crippen LogP contribution in [-0.2, 0) is 6.42 Å². The fourth-order valence-corrected chi connectivity index (χ4v) is 2.26. The topological polar surface area (TPSA) is 0 Å². The first-order chi connectivity index (χ1) is 8.29. The van der Waals surface area contributed by atoms with E-state index in [2.05, 4.69) is 62.4 Å². The van der Waals surface area contributed by atoms with Gasteiger partial charge in [0.2, 0.25) is 0 Å². The summed E-state index contributed by atoms with van der Waals surface area (Å²) in [5, 5.41) is 0. The monoisotopic (exact) mass is 224 g/mol. The first-order valence-corrected chi connectivity index (χ1v) is 6.38. The van der Waals surface area contributed by atoms with Crippen molar-refractivity contribution >= 4 is 5.57 Å². The Kier molecular flexibility index (Phi) is 3.98. The zero-order chi connectivity index (χ0) is 12.1. The SMILES string of the molecule is C/C=C\CCc1cc(C)cc(C2=CCC=C2)c1. The third-order valence-electron chi connectivity index (χ3n) is 3.08. The van der Waals surface area contributed by atoms with Gasteiger partial charge in [0.25, 0.3) is 0 Å². The molecule has 1 aliphatic carbocycles. The van der Waals surface area contributed by atoms with E-state index in [4.69, 9.17) is 0 Å². The highest BCUT2D eigenvalue weighted by Gasteiger charge is 2.04. The summed E-state index contributed by atoms with van der Waals surface area (Å²) >= 11 is 0. The highest BCUT2D eigenvalue weighted by Crippen LogP contribution is 2.24. The summed E-state index contributed by atoms with van der Waals surface area (Å²) in [6.07, 6.45) is 14.4. The fraction of sp³-hybridized carbons (Fsp3) is 0.294. The van der Waals surface area contributed by atoms with Crippen LogP contribution < -0.4 is 0 Å². The number of allylic oxidation sites excluding steroid dienone is 6. The van der Waals surface area contributed by atoms with Gasteiger partial charge < -0.3 is 0 Å². The van der Waals surface area contributed by atoms with Crippen LogP contribution in [0.5, 0.6) is 0 Å². The highest BCUT2D eigenvalue weighted by atomic mass is 14.1. The Morgan fingerprint density at radius 2 is 2.12 bits per heavy atom. The molecule has 0 saturated carbocycles. The van der Waals surface area contributed by atoms with E-state index in [-0.39, 0.29) is 0 Å². The number of aryl methyl sites for hydroxylation is 2. The fourth-order valence-electron chi connectivity index (χ4n) is 2.26. The van der Waals surface area contributed by atoms with Gasteiger partial charge >= 0.3 is 0 Å². The van der Waals surface area contributed by atoms with Crippen LogP contribution in [0, 0.1) is 6.92 Å². The van der Waals surface area contributed by atoms with Crippen LogP contribution in [0.1, 0.15) is 36.5 Å². The molecule has 1 aromatic rings. The van der Waals surface area contributed by atoms with Crippen molar-refractivity contribution in [1.82, 2.24) is 0 Å². The van der Waals surface area contributed by atoms with E-state index >= 15 is 0 Å². The summed E-state index contributed by atoms with van der Waals surface area (Å²) in [4.78, 5) is 0. The zero-order valence-electron chi connectivity index (χ0n) is 10.7. The van der Waals surface area contributed by atoms with E-state index in [9.17, 15) is 0 Å². The molecule has 0 heterocycles. The van der Waals surface area contributed by atoms with E-state index in [1.54, 1.807) is 0 Å². The van der Waals surface area contributed by atoms with Crippen molar-refractivity contribution in [2.24, 2.45) is 0 Å². The summed E-state index contributed by atoms with van der Waals surface area (Å²) < 4.78 is 0. The predicted molar refractivity (Wildman–Crippen MR) is 76.0 cm³/mol. The molecule has 17 heavy (non-hydrogen) atoms. The Bertz CT molecular complexity index is 473. The second kappa shape index (κ2) is 5.67. The lowest BCUT2D eigenvalue weighted by atomic mass is 9.98. The molecule has 0 unspecified atom stereocenters. The lowest BCUT2D eigenvalue weighted by Crippen LogP contribution is -1.89. The highest BCUT2D eigenvalue weighted by molar-refractivity contribution is 5.76. The molecule has 0 fully saturated rings. The first-order valence-electron chi connectivity index (χ1n) is 6.38. The predicted octanol–water partition coefficient (Wildman–Crippen LogP) is 4.85. The van der Waals surface area contributed by atoms with Crippen molar-refractivity contribution in [2.75, 3.05) is 0 Å². The van der Waals surface area contributed by atoms with E-state index in [1.807, 2.05) is 0 Å². The molecule has 0 N–H and O–H groups in total. The third-order valence-corrected chi connectivity index (χ3v) is 3.08. The number of hydrogen-bond acceptors (Lipinski definition) is 0. The Morgan fingerprint density at radius 1 is 1.24 bits per heavy atom. The molecule has 0 nitrogen and oxygen atoms in total. The minimum absolute atomic E-state index is 1.08. The Labute approximate surface area is 104 Å². The van der Waals surface area contributed by atoms with E-state index in [1.165, 1.54) is 22.3 Å². The van der Waals surface area contributed by atoms with Gasteiger partial charge in [-0.15, -0.1) is 0 Å². The molecule has 0 saturated heterocycles. The van der Waals surface area contributed by atoms with Gasteiger partial charge in [0.05, 0.1) is 0 Å². The van der Waals surface area contributed by atoms with Crippen molar-refractivity contribution in [2.45, 2.75) is 33.1 Å². The lowest BCUT2D eigenvalue weighted by Gasteiger charge is -2.07. The molecular weight excluding hydrogens is 204 g/mol. The van der Waals surface area contributed by atoms with Crippen molar-refractivity contribution in [3.8, 4) is 0 Å². The molecule has 0 bridgehead atoms. The van der Waals surface area contributed by atoms with Gasteiger partial charge in [-0.05, 0) is 49.8 Å². The van der Waals surface area contributed by atoms with E-state index < -0.39 is 0 Å². The second-order valence-electron chi connectivity index (χ2n) is 4.61. The summed E-state index contributed by atoms with van der Waals surface area (Å²) in [6.45, 7) is 4.26. The summed E-state index contributed by atoms with van der Waals surface area (Å²) in [5.74, 6) is 0. The molecule has 0 amide bonds. The van der Waals surface area contributed by atoms with Gasteiger partial charge in [0, 0.05) is 0 Å². The number of rotatable bonds is 4. The maximum Gasteiger partial charge on any atom is -0.0157 e. The third kappa shape index (κ3) is 3.20. The summed E-state index contributed by atoms with van der Waals surface area (Å²) in [5.41, 5.74) is 5.55. The normalized spacial score (nSPS) is 14.6. The lowest BCUT2D eigenvalue weighted by molar-refractivity contribution is 0.995. The largest absolute Gasteiger partial charge is 0.0917 e. The number of hydrogen-bond donors (Lipinski definition) is 0. The standard InChI is InChI=1S/C17H20/c1-3-4-5-8-15-11-14(2)12-17(13-15)16-9-6-7-10-16/h3-4,6,9-13H,5,7-8H2,1-2H3/b4-3-. The molecule has 0 spiro atoms. The van der Waals surface area contributed by atoms with E-state index in [0.29, 0.717) is 0 Å². The van der Waals surface area contributed by atoms with Crippen molar-refractivity contribution in [3.63, 3.8) is 0 Å². The molecular formula is C17H20. The van der Waals surface area contributed by atoms with Gasteiger partial charge in [0.15, 0.2) is 0 Å². The van der Waals surface area contributed by atoms with Gasteiger partial charge in [0.1, 0.15) is 0 Å². The molecule has 0 heteroatoms. The second-order valence-corrected chi connectivity index (χ2v) is 4.61. The van der Waals surface area contributed by atoms with Crippen LogP contribution in [-0.4, -0.2) is 0 Å². The van der Waals surface area contributed by atoms with Crippen molar-refractivity contribution in [3.05, 3.63) is 65.3 Å². The molecule has 0 aromatic heterocycles. The van der Waals surface area contributed by atoms with Crippen LogP contribution in [0.25, 0.3) is 5.57 Å². The maximum absolute atomic E-state index is 2.33. The molecule has 2 rings (SSSR count). The van der Waals surface area contributed by atoms with Crippen molar-refractivity contribution in [1.29, 1.82) is 0 Å². The molecule has 0 atom stereocenters. The van der Waals surface area contributed by atoms with E-state index in [0.717, 1.165) is 19.3 Å². The average molecular weight is 224 g/mol. The van der Waals surface area contributed by atoms with Crippen LogP contribution in [0.15, 0.2) is 48.6 Å². The number of benzene rings is 1. The van der Waals surface area contributed by atoms with Gasteiger partial charge in [-0.25, -0.2) is 0 Å². The molecule has 0 aliphatic heterocycles. The van der Waals surface area contributed by atoms with Crippen LogP contribution in [0.4, 0.5) is 0 Å². The smallest absolute Gasteiger partial charge is 0.0157 e. The summed E-state index contributed by atoms with van der Waals surface area (Å²) in [6, 6.07) is 6.91. The quantitative estimate of drug-likeness (QED) is 0.641. The minimum atomic E-state index is 1.08. The molecule has 0 radical (unpaired) electrons. The minimum Gasteiger partial charge on any atom is -0.0917 e. The van der Waals surface area contributed by atoms with Crippen LogP contribution in [0.2, 0.25) is 0 Å². The van der Waals surface area contributed by atoms with Gasteiger partial charge in [-0.1, -0.05) is 54.1 Å². The maximum atomic E-state index is 2.33. The Hall–Kier alpha value is -1.56. The van der Waals surface area contributed by atoms with Crippen LogP contribution >= 0.6 is 0 Å². The van der Waals surface area contributed by atoms with Crippen LogP contribution in [0.3, 0.4) is 0 Å². The van der Waals surface area contributed by atoms with Gasteiger partial charge in [-0.2, -0.15) is 0 Å². The van der Waals surface area contributed by atoms with Gasteiger partial charge in [-0.3, -0.25) is 0 Å². The Morgan fingerprint density at radius 3 is 2.82 bits per heavy atom. The first kappa shape index (κ1) is 11.9. The zero-order valence-corrected chi connectivity index (χ0v) is 10.7. The molecule has 1 aromatic carbocycles. The Balaban J connectivity index is 2.20. The molecule has 1 aliphatic rings. The average Bonchev–Trinajstić information content (AvgIpc) is 2.82. The molecule has 88 valence electrons.